The van der Waals surface area contributed by atoms with Crippen molar-refractivity contribution in [2.45, 2.75) is 18.8 Å². The van der Waals surface area contributed by atoms with Crippen LogP contribution in [0, 0.1) is 6.92 Å². The lowest BCUT2D eigenvalue weighted by atomic mass is 9.86. The maximum absolute atomic E-state index is 6.48. The number of allylic oxidation sites excluding steroid dienone is 4. The highest BCUT2D eigenvalue weighted by Crippen LogP contribution is 2.53. The van der Waals surface area contributed by atoms with Gasteiger partial charge in [-0.1, -0.05) is 115 Å². The zero-order chi connectivity index (χ0) is 34.5. The van der Waals surface area contributed by atoms with Crippen LogP contribution in [0.3, 0.4) is 0 Å². The summed E-state index contributed by atoms with van der Waals surface area (Å²) in [6.45, 7) is 2.22. The third kappa shape index (κ3) is 3.58. The van der Waals surface area contributed by atoms with Gasteiger partial charge in [0.2, 0.25) is 0 Å². The van der Waals surface area contributed by atoms with Gasteiger partial charge in [-0.2, -0.15) is 0 Å². The van der Waals surface area contributed by atoms with Gasteiger partial charge in [-0.3, -0.25) is 0 Å². The SMILES string of the molecule is Cc1cccc2c1-c1ccc(-c3ccc4oc5cc6oc7ccc(-c8ccc9c%10c(cccc8%10)C8C=CC=CC98)cc7c6cc5c4c3)c3cccc-2c13. The third-order valence-electron chi connectivity index (χ3n) is 12.5. The molecule has 2 heteroatoms. The van der Waals surface area contributed by atoms with Crippen molar-refractivity contribution in [3.63, 3.8) is 0 Å². The minimum Gasteiger partial charge on any atom is -0.456 e. The molecule has 3 aliphatic rings. The molecule has 2 atom stereocenters. The zero-order valence-corrected chi connectivity index (χ0v) is 28.9. The molecule has 0 saturated heterocycles. The number of hydrogen-bond donors (Lipinski definition) is 0. The molecule has 53 heavy (non-hydrogen) atoms. The van der Waals surface area contributed by atoms with Crippen LogP contribution in [0.1, 0.15) is 28.5 Å². The first kappa shape index (κ1) is 28.0. The summed E-state index contributed by atoms with van der Waals surface area (Å²) in [5.74, 6) is 0.834. The average molecular weight is 675 g/mol. The molecular formula is C51H30O2. The molecule has 13 rings (SSSR count). The molecule has 2 nitrogen and oxygen atoms in total. The van der Waals surface area contributed by atoms with Crippen LogP contribution in [-0.4, -0.2) is 0 Å². The van der Waals surface area contributed by atoms with Gasteiger partial charge in [0.25, 0.3) is 0 Å². The van der Waals surface area contributed by atoms with Gasteiger partial charge in [0.1, 0.15) is 22.3 Å². The Bertz CT molecular complexity index is 3340. The van der Waals surface area contributed by atoms with Crippen LogP contribution in [0.25, 0.3) is 110 Å². The van der Waals surface area contributed by atoms with Gasteiger partial charge in [-0.05, 0) is 120 Å². The normalized spacial score (nSPS) is 16.6. The molecule has 246 valence electrons. The molecule has 0 bridgehead atoms. The van der Waals surface area contributed by atoms with E-state index in [9.17, 15) is 0 Å². The molecule has 0 N–H and O–H groups in total. The van der Waals surface area contributed by atoms with Gasteiger partial charge in [0.15, 0.2) is 0 Å². The fourth-order valence-electron chi connectivity index (χ4n) is 10.2. The molecule has 0 radical (unpaired) electrons. The fourth-order valence-corrected chi connectivity index (χ4v) is 10.2. The van der Waals surface area contributed by atoms with E-state index in [2.05, 4.69) is 159 Å². The van der Waals surface area contributed by atoms with Crippen molar-refractivity contribution >= 4 is 65.4 Å². The van der Waals surface area contributed by atoms with Crippen LogP contribution in [0.4, 0.5) is 0 Å². The van der Waals surface area contributed by atoms with Crippen molar-refractivity contribution < 1.29 is 8.83 Å². The second-order valence-electron chi connectivity index (χ2n) is 15.2. The number of aryl methyl sites for hydroxylation is 1. The molecular weight excluding hydrogens is 645 g/mol. The number of furan rings is 2. The molecule has 2 heterocycles. The van der Waals surface area contributed by atoms with Crippen molar-refractivity contribution in [2.24, 2.45) is 0 Å². The Morgan fingerprint density at radius 2 is 0.962 bits per heavy atom. The first-order valence-corrected chi connectivity index (χ1v) is 18.6. The Kier molecular flexibility index (Phi) is 5.19. The van der Waals surface area contributed by atoms with Crippen molar-refractivity contribution in [1.82, 2.24) is 0 Å². The van der Waals surface area contributed by atoms with E-state index < -0.39 is 0 Å². The van der Waals surface area contributed by atoms with Crippen LogP contribution >= 0.6 is 0 Å². The van der Waals surface area contributed by atoms with Crippen LogP contribution < -0.4 is 0 Å². The highest BCUT2D eigenvalue weighted by atomic mass is 16.3. The van der Waals surface area contributed by atoms with E-state index in [4.69, 9.17) is 8.83 Å². The molecule has 2 aromatic heterocycles. The van der Waals surface area contributed by atoms with Gasteiger partial charge >= 0.3 is 0 Å². The number of hydrogen-bond acceptors (Lipinski definition) is 2. The van der Waals surface area contributed by atoms with Gasteiger partial charge in [-0.15, -0.1) is 0 Å². The second-order valence-corrected chi connectivity index (χ2v) is 15.2. The molecule has 10 aromatic rings. The van der Waals surface area contributed by atoms with Crippen LogP contribution in [-0.2, 0) is 0 Å². The summed E-state index contributed by atoms with van der Waals surface area (Å²) in [4.78, 5) is 0. The van der Waals surface area contributed by atoms with Crippen molar-refractivity contribution in [3.8, 4) is 44.5 Å². The predicted octanol–water partition coefficient (Wildman–Crippen LogP) is 14.4. The smallest absolute Gasteiger partial charge is 0.139 e. The van der Waals surface area contributed by atoms with Gasteiger partial charge in [0, 0.05) is 39.4 Å². The lowest BCUT2D eigenvalue weighted by molar-refractivity contribution is 0.656. The van der Waals surface area contributed by atoms with E-state index >= 15 is 0 Å². The molecule has 0 amide bonds. The summed E-state index contributed by atoms with van der Waals surface area (Å²) in [6.07, 6.45) is 9.11. The number of rotatable bonds is 2. The molecule has 0 spiro atoms. The summed E-state index contributed by atoms with van der Waals surface area (Å²) in [5.41, 5.74) is 17.9. The predicted molar refractivity (Wildman–Crippen MR) is 220 cm³/mol. The molecule has 0 fully saturated rings. The lowest BCUT2D eigenvalue weighted by Gasteiger charge is -2.17. The Morgan fingerprint density at radius 3 is 1.68 bits per heavy atom. The standard InChI is InChI=1S/C51H30O2/c1-27-7-4-10-37-38-14-6-12-35-31(18-20-40(49(27)37)51(35)38)29-16-22-46-42(24-29)44-25-43-41-23-28(15-21-45(41)52-47(43)26-48(44)53-46)30-17-19-39-33-9-3-2-8-32(33)36-13-5-11-34(30)50(36)39/h2-26,32-33H,1H3. The molecule has 0 aliphatic heterocycles. The first-order valence-electron chi connectivity index (χ1n) is 18.6. The topological polar surface area (TPSA) is 26.3 Å². The highest BCUT2D eigenvalue weighted by Gasteiger charge is 2.33. The van der Waals surface area contributed by atoms with Crippen molar-refractivity contribution in [3.05, 3.63) is 168 Å². The highest BCUT2D eigenvalue weighted by molar-refractivity contribution is 6.20. The Hall–Kier alpha value is -6.64. The zero-order valence-electron chi connectivity index (χ0n) is 28.9. The fraction of sp³-hybridized carbons (Fsp3) is 0.0588. The number of fused-ring (bicyclic) bond motifs is 12. The second kappa shape index (κ2) is 9.82. The Labute approximate surface area is 304 Å². The summed E-state index contributed by atoms with van der Waals surface area (Å²) >= 11 is 0. The van der Waals surface area contributed by atoms with Gasteiger partial charge < -0.3 is 8.83 Å². The van der Waals surface area contributed by atoms with Crippen LogP contribution in [0.2, 0.25) is 0 Å². The maximum atomic E-state index is 6.48. The minimum atomic E-state index is 0.417. The van der Waals surface area contributed by atoms with E-state index in [1.165, 1.54) is 82.7 Å². The Balaban J connectivity index is 0.978. The number of benzene rings is 8. The largest absolute Gasteiger partial charge is 0.456 e. The molecule has 3 aliphatic carbocycles. The Morgan fingerprint density at radius 1 is 0.396 bits per heavy atom. The van der Waals surface area contributed by atoms with E-state index in [-0.39, 0.29) is 0 Å². The monoisotopic (exact) mass is 674 g/mol. The van der Waals surface area contributed by atoms with E-state index in [0.29, 0.717) is 11.8 Å². The third-order valence-corrected chi connectivity index (χ3v) is 12.5. The minimum absolute atomic E-state index is 0.417. The average Bonchev–Trinajstić information content (AvgIpc) is 3.94. The van der Waals surface area contributed by atoms with E-state index in [1.54, 1.807) is 0 Å². The summed E-state index contributed by atoms with van der Waals surface area (Å²) in [6, 6.07) is 47.2. The maximum Gasteiger partial charge on any atom is 0.139 e. The van der Waals surface area contributed by atoms with Crippen molar-refractivity contribution in [1.29, 1.82) is 0 Å². The van der Waals surface area contributed by atoms with Crippen LogP contribution in [0.5, 0.6) is 0 Å². The first-order chi connectivity index (χ1) is 26.2. The molecule has 0 saturated carbocycles. The summed E-state index contributed by atoms with van der Waals surface area (Å²) in [5, 5.41) is 9.81. The van der Waals surface area contributed by atoms with Crippen LogP contribution in [0.15, 0.2) is 161 Å². The van der Waals surface area contributed by atoms with Gasteiger partial charge in [-0.25, -0.2) is 0 Å². The van der Waals surface area contributed by atoms with Gasteiger partial charge in [0.05, 0.1) is 0 Å². The summed E-state index contributed by atoms with van der Waals surface area (Å²) < 4.78 is 13.0. The lowest BCUT2D eigenvalue weighted by Crippen LogP contribution is -2.01. The molecule has 8 aromatic carbocycles. The van der Waals surface area contributed by atoms with Crippen molar-refractivity contribution in [2.75, 3.05) is 0 Å². The van der Waals surface area contributed by atoms with E-state index in [0.717, 1.165) is 43.9 Å². The molecule has 2 unspecified atom stereocenters. The van der Waals surface area contributed by atoms with E-state index in [1.807, 2.05) is 0 Å². The quantitative estimate of drug-likeness (QED) is 0.182. The summed E-state index contributed by atoms with van der Waals surface area (Å²) in [7, 11) is 0.